The summed E-state index contributed by atoms with van der Waals surface area (Å²) in [6, 6.07) is 2.50. The van der Waals surface area contributed by atoms with Gasteiger partial charge in [-0.15, -0.1) is 5.10 Å². The molecule has 20 heavy (non-hydrogen) atoms. The summed E-state index contributed by atoms with van der Waals surface area (Å²) in [5.74, 6) is 0.578. The van der Waals surface area contributed by atoms with E-state index < -0.39 is 0 Å². The van der Waals surface area contributed by atoms with Crippen LogP contribution in [-0.2, 0) is 17.6 Å². The standard InChI is InChI=1S/C14H21N5O/c1-3-11-12(7-15)14(19-18-13(11)4-2)17-8-10-9-20-6-5-16-10/h10,16H,3-6,8-9H2,1-2H3,(H,17,19). The SMILES string of the molecule is CCc1nnc(NCC2COCCN2)c(C#N)c1CC. The van der Waals surface area contributed by atoms with Crippen molar-refractivity contribution < 1.29 is 4.74 Å². The molecule has 6 heteroatoms. The lowest BCUT2D eigenvalue weighted by molar-refractivity contribution is 0.0806. The average Bonchev–Trinajstić information content (AvgIpc) is 2.52. The summed E-state index contributed by atoms with van der Waals surface area (Å²) in [5.41, 5.74) is 2.53. The minimum absolute atomic E-state index is 0.244. The molecule has 1 aliphatic heterocycles. The van der Waals surface area contributed by atoms with Gasteiger partial charge in [0.2, 0.25) is 0 Å². The molecule has 108 valence electrons. The van der Waals surface area contributed by atoms with Gasteiger partial charge >= 0.3 is 0 Å². The van der Waals surface area contributed by atoms with Gasteiger partial charge in [0.15, 0.2) is 5.82 Å². The molecule has 2 heterocycles. The van der Waals surface area contributed by atoms with E-state index in [1.54, 1.807) is 0 Å². The Hall–Kier alpha value is -1.71. The Morgan fingerprint density at radius 3 is 2.85 bits per heavy atom. The fourth-order valence-electron chi connectivity index (χ4n) is 2.39. The number of anilines is 1. The van der Waals surface area contributed by atoms with Crippen LogP contribution in [0.1, 0.15) is 30.7 Å². The molecule has 2 rings (SSSR count). The van der Waals surface area contributed by atoms with Crippen molar-refractivity contribution >= 4 is 5.82 Å². The van der Waals surface area contributed by atoms with Crippen LogP contribution in [0.25, 0.3) is 0 Å². The van der Waals surface area contributed by atoms with Gasteiger partial charge < -0.3 is 15.4 Å². The Bertz CT molecular complexity index is 491. The highest BCUT2D eigenvalue weighted by molar-refractivity contribution is 5.56. The first-order valence-corrected chi connectivity index (χ1v) is 7.13. The van der Waals surface area contributed by atoms with Gasteiger partial charge in [-0.3, -0.25) is 0 Å². The van der Waals surface area contributed by atoms with Crippen molar-refractivity contribution in [3.05, 3.63) is 16.8 Å². The number of nitrogens with zero attached hydrogens (tertiary/aromatic N) is 3. The summed E-state index contributed by atoms with van der Waals surface area (Å²) in [7, 11) is 0. The predicted octanol–water partition coefficient (Wildman–Crippen LogP) is 0.873. The molecule has 1 unspecified atom stereocenters. The fraction of sp³-hybridized carbons (Fsp3) is 0.643. The number of nitrogens with one attached hydrogen (secondary N) is 2. The van der Waals surface area contributed by atoms with E-state index in [1.807, 2.05) is 13.8 Å². The Labute approximate surface area is 119 Å². The van der Waals surface area contributed by atoms with Crippen molar-refractivity contribution in [2.45, 2.75) is 32.7 Å². The van der Waals surface area contributed by atoms with Crippen LogP contribution in [0, 0.1) is 11.3 Å². The van der Waals surface area contributed by atoms with E-state index in [0.717, 1.165) is 37.3 Å². The van der Waals surface area contributed by atoms with E-state index in [0.29, 0.717) is 24.5 Å². The monoisotopic (exact) mass is 275 g/mol. The molecule has 1 aromatic rings. The molecule has 6 nitrogen and oxygen atoms in total. The first kappa shape index (κ1) is 14.7. The highest BCUT2D eigenvalue weighted by Crippen LogP contribution is 2.19. The highest BCUT2D eigenvalue weighted by Gasteiger charge is 2.17. The van der Waals surface area contributed by atoms with Gasteiger partial charge in [-0.1, -0.05) is 13.8 Å². The second-order valence-corrected chi connectivity index (χ2v) is 4.77. The summed E-state index contributed by atoms with van der Waals surface area (Å²) < 4.78 is 5.40. The van der Waals surface area contributed by atoms with Crippen LogP contribution in [0.15, 0.2) is 0 Å². The maximum Gasteiger partial charge on any atom is 0.167 e. The summed E-state index contributed by atoms with van der Waals surface area (Å²) in [4.78, 5) is 0. The van der Waals surface area contributed by atoms with E-state index in [9.17, 15) is 5.26 Å². The minimum Gasteiger partial charge on any atom is -0.378 e. The number of ether oxygens (including phenoxy) is 1. The van der Waals surface area contributed by atoms with Crippen LogP contribution in [0.3, 0.4) is 0 Å². The van der Waals surface area contributed by atoms with Crippen LogP contribution in [0.4, 0.5) is 5.82 Å². The third kappa shape index (κ3) is 3.24. The van der Waals surface area contributed by atoms with E-state index in [1.165, 1.54) is 0 Å². The van der Waals surface area contributed by atoms with Crippen LogP contribution in [0.2, 0.25) is 0 Å². The lowest BCUT2D eigenvalue weighted by Gasteiger charge is -2.24. The summed E-state index contributed by atoms with van der Waals surface area (Å²) >= 11 is 0. The van der Waals surface area contributed by atoms with E-state index in [4.69, 9.17) is 4.74 Å². The van der Waals surface area contributed by atoms with Crippen molar-refractivity contribution in [2.24, 2.45) is 0 Å². The molecular weight excluding hydrogens is 254 g/mol. The van der Waals surface area contributed by atoms with Crippen molar-refractivity contribution in [1.82, 2.24) is 15.5 Å². The fourth-order valence-corrected chi connectivity index (χ4v) is 2.39. The van der Waals surface area contributed by atoms with E-state index in [2.05, 4.69) is 26.9 Å². The Morgan fingerprint density at radius 1 is 1.40 bits per heavy atom. The number of nitriles is 1. The first-order chi connectivity index (χ1) is 9.80. The van der Waals surface area contributed by atoms with Gasteiger partial charge in [-0.05, 0) is 18.4 Å². The molecule has 0 bridgehead atoms. The van der Waals surface area contributed by atoms with E-state index in [-0.39, 0.29) is 6.04 Å². The van der Waals surface area contributed by atoms with Crippen molar-refractivity contribution in [2.75, 3.05) is 31.6 Å². The molecule has 1 aliphatic rings. The molecule has 0 amide bonds. The Morgan fingerprint density at radius 2 is 2.25 bits per heavy atom. The third-order valence-electron chi connectivity index (χ3n) is 3.47. The topological polar surface area (TPSA) is 82.9 Å². The second kappa shape index (κ2) is 7.17. The number of aryl methyl sites for hydroxylation is 1. The van der Waals surface area contributed by atoms with Gasteiger partial charge in [-0.25, -0.2) is 0 Å². The number of rotatable bonds is 5. The Kier molecular flexibility index (Phi) is 5.27. The van der Waals surface area contributed by atoms with E-state index >= 15 is 0 Å². The van der Waals surface area contributed by atoms with Gasteiger partial charge in [0.05, 0.1) is 18.9 Å². The number of morpholine rings is 1. The molecule has 1 atom stereocenters. The number of hydrogen-bond acceptors (Lipinski definition) is 6. The highest BCUT2D eigenvalue weighted by atomic mass is 16.5. The van der Waals surface area contributed by atoms with Gasteiger partial charge in [0.1, 0.15) is 11.6 Å². The zero-order chi connectivity index (χ0) is 14.4. The molecule has 0 aliphatic carbocycles. The van der Waals surface area contributed by atoms with Crippen molar-refractivity contribution in [3.63, 3.8) is 0 Å². The minimum atomic E-state index is 0.244. The van der Waals surface area contributed by atoms with Crippen LogP contribution < -0.4 is 10.6 Å². The number of hydrogen-bond donors (Lipinski definition) is 2. The molecule has 2 N–H and O–H groups in total. The lowest BCUT2D eigenvalue weighted by atomic mass is 10.0. The predicted molar refractivity (Wildman–Crippen MR) is 76.6 cm³/mol. The Balaban J connectivity index is 2.12. The average molecular weight is 275 g/mol. The van der Waals surface area contributed by atoms with Gasteiger partial charge in [0, 0.05) is 19.1 Å². The zero-order valence-corrected chi connectivity index (χ0v) is 12.1. The molecule has 0 radical (unpaired) electrons. The number of aromatic nitrogens is 2. The molecule has 1 saturated heterocycles. The molecule has 0 spiro atoms. The largest absolute Gasteiger partial charge is 0.378 e. The van der Waals surface area contributed by atoms with Crippen molar-refractivity contribution in [1.29, 1.82) is 5.26 Å². The first-order valence-electron chi connectivity index (χ1n) is 7.13. The van der Waals surface area contributed by atoms with Crippen LogP contribution in [0.5, 0.6) is 0 Å². The quantitative estimate of drug-likeness (QED) is 0.830. The summed E-state index contributed by atoms with van der Waals surface area (Å²) in [6.45, 7) is 7.04. The molecule has 0 saturated carbocycles. The molecule has 1 aromatic heterocycles. The molecule has 0 aromatic carbocycles. The maximum absolute atomic E-state index is 9.39. The smallest absolute Gasteiger partial charge is 0.167 e. The van der Waals surface area contributed by atoms with Crippen LogP contribution >= 0.6 is 0 Å². The van der Waals surface area contributed by atoms with Gasteiger partial charge in [0.25, 0.3) is 0 Å². The third-order valence-corrected chi connectivity index (χ3v) is 3.47. The second-order valence-electron chi connectivity index (χ2n) is 4.77. The van der Waals surface area contributed by atoms with Crippen LogP contribution in [-0.4, -0.2) is 42.5 Å². The summed E-state index contributed by atoms with van der Waals surface area (Å²) in [5, 5.41) is 24.4. The maximum atomic E-state index is 9.39. The van der Waals surface area contributed by atoms with Gasteiger partial charge in [-0.2, -0.15) is 10.4 Å². The van der Waals surface area contributed by atoms with Crippen molar-refractivity contribution in [3.8, 4) is 6.07 Å². The summed E-state index contributed by atoms with van der Waals surface area (Å²) in [6.07, 6.45) is 1.59. The lowest BCUT2D eigenvalue weighted by Crippen LogP contribution is -2.45. The molecular formula is C14H21N5O. The molecule has 1 fully saturated rings. The normalized spacial score (nSPS) is 18.6. The zero-order valence-electron chi connectivity index (χ0n) is 12.1.